The molecule has 0 amide bonds. The number of nitrogens with zero attached hydrogens (tertiary/aromatic N) is 1. The van der Waals surface area contributed by atoms with Crippen LogP contribution in [0.4, 0.5) is 13.2 Å². The third-order valence-corrected chi connectivity index (χ3v) is 4.00. The van der Waals surface area contributed by atoms with E-state index in [9.17, 15) is 13.2 Å². The van der Waals surface area contributed by atoms with Crippen molar-refractivity contribution < 1.29 is 22.6 Å². The summed E-state index contributed by atoms with van der Waals surface area (Å²) in [7, 11) is 0. The van der Waals surface area contributed by atoms with E-state index in [0.29, 0.717) is 13.2 Å². The second kappa shape index (κ2) is 5.81. The Kier molecular flexibility index (Phi) is 4.66. The largest absolute Gasteiger partial charge is 0.395 e. The summed E-state index contributed by atoms with van der Waals surface area (Å²) in [5.41, 5.74) is -0.548. The molecule has 0 aliphatic carbocycles. The zero-order chi connectivity index (χ0) is 15.0. The normalized spacial score (nSPS) is 29.7. The van der Waals surface area contributed by atoms with Gasteiger partial charge in [0.15, 0.2) is 0 Å². The van der Waals surface area contributed by atoms with Crippen molar-refractivity contribution in [3.8, 4) is 0 Å². The fourth-order valence-electron chi connectivity index (χ4n) is 2.87. The lowest BCUT2D eigenvalue weighted by Crippen LogP contribution is -2.50. The van der Waals surface area contributed by atoms with Crippen LogP contribution < -0.4 is 0 Å². The summed E-state index contributed by atoms with van der Waals surface area (Å²) >= 11 is 0. The highest BCUT2D eigenvalue weighted by atomic mass is 19.4. The van der Waals surface area contributed by atoms with Gasteiger partial charge < -0.3 is 9.47 Å². The molecular weight excluding hydrogens is 271 g/mol. The molecule has 2 fully saturated rings. The predicted octanol–water partition coefficient (Wildman–Crippen LogP) is 2.84. The van der Waals surface area contributed by atoms with Crippen LogP contribution in [0.5, 0.6) is 0 Å². The molecule has 0 aromatic rings. The van der Waals surface area contributed by atoms with E-state index in [1.54, 1.807) is 20.8 Å². The third-order valence-electron chi connectivity index (χ3n) is 4.00. The lowest BCUT2D eigenvalue weighted by atomic mass is 10.1. The Labute approximate surface area is 118 Å². The Bertz CT molecular complexity index is 311. The minimum atomic E-state index is -4.22. The summed E-state index contributed by atoms with van der Waals surface area (Å²) in [6.45, 7) is 6.20. The number of halogens is 3. The molecule has 0 saturated carbocycles. The van der Waals surface area contributed by atoms with Crippen LogP contribution in [0.25, 0.3) is 0 Å². The molecule has 0 spiro atoms. The molecule has 0 aromatic heterocycles. The first-order chi connectivity index (χ1) is 9.17. The van der Waals surface area contributed by atoms with Gasteiger partial charge in [0.2, 0.25) is 0 Å². The van der Waals surface area contributed by atoms with Gasteiger partial charge in [-0.1, -0.05) is 0 Å². The highest BCUT2D eigenvalue weighted by Crippen LogP contribution is 2.34. The maximum Gasteiger partial charge on any atom is 0.395 e. The molecule has 2 aliphatic rings. The Morgan fingerprint density at radius 1 is 1.15 bits per heavy atom. The molecule has 3 unspecified atom stereocenters. The first-order valence-corrected chi connectivity index (χ1v) is 7.21. The first-order valence-electron chi connectivity index (χ1n) is 7.21. The smallest absolute Gasteiger partial charge is 0.378 e. The van der Waals surface area contributed by atoms with Gasteiger partial charge in [0, 0.05) is 18.6 Å². The van der Waals surface area contributed by atoms with Crippen LogP contribution in [0.15, 0.2) is 0 Å². The third kappa shape index (κ3) is 4.09. The molecule has 0 aromatic carbocycles. The van der Waals surface area contributed by atoms with E-state index in [-0.39, 0.29) is 25.2 Å². The van der Waals surface area contributed by atoms with Crippen molar-refractivity contribution in [3.05, 3.63) is 0 Å². The van der Waals surface area contributed by atoms with Gasteiger partial charge in [-0.3, -0.25) is 4.90 Å². The molecule has 3 atom stereocenters. The highest BCUT2D eigenvalue weighted by molar-refractivity contribution is 4.92. The van der Waals surface area contributed by atoms with E-state index in [2.05, 4.69) is 0 Å². The Morgan fingerprint density at radius 3 is 2.15 bits per heavy atom. The standard InChI is InChI=1S/C14H24F3NO2/c1-13(2,3)20-7-10(14(15,16)17)6-18-11-4-5-12(18)9-19-8-11/h10-12H,4-9H2,1-3H3. The second-order valence-electron chi connectivity index (χ2n) is 6.78. The first kappa shape index (κ1) is 16.0. The molecule has 2 saturated heterocycles. The van der Waals surface area contributed by atoms with Gasteiger partial charge in [-0.05, 0) is 33.6 Å². The molecule has 0 radical (unpaired) electrons. The fourth-order valence-corrected chi connectivity index (χ4v) is 2.87. The van der Waals surface area contributed by atoms with Gasteiger partial charge in [-0.2, -0.15) is 13.2 Å². The average Bonchev–Trinajstić information content (AvgIpc) is 2.52. The highest BCUT2D eigenvalue weighted by Gasteiger charge is 2.46. The summed E-state index contributed by atoms with van der Waals surface area (Å²) in [5.74, 6) is -1.43. The molecule has 2 bridgehead atoms. The number of hydrogen-bond acceptors (Lipinski definition) is 3. The number of ether oxygens (including phenoxy) is 2. The van der Waals surface area contributed by atoms with E-state index in [4.69, 9.17) is 9.47 Å². The number of fused-ring (bicyclic) bond motifs is 2. The van der Waals surface area contributed by atoms with Crippen LogP contribution >= 0.6 is 0 Å². The second-order valence-corrected chi connectivity index (χ2v) is 6.78. The van der Waals surface area contributed by atoms with Crippen molar-refractivity contribution >= 4 is 0 Å². The summed E-state index contributed by atoms with van der Waals surface area (Å²) < 4.78 is 50.3. The summed E-state index contributed by atoms with van der Waals surface area (Å²) in [6.07, 6.45) is -2.34. The van der Waals surface area contributed by atoms with Crippen LogP contribution in [0.1, 0.15) is 33.6 Å². The molecule has 3 nitrogen and oxygen atoms in total. The molecular formula is C14H24F3NO2. The monoisotopic (exact) mass is 295 g/mol. The fraction of sp³-hybridized carbons (Fsp3) is 1.00. The molecule has 0 N–H and O–H groups in total. The van der Waals surface area contributed by atoms with Crippen molar-refractivity contribution in [1.29, 1.82) is 0 Å². The Morgan fingerprint density at radius 2 is 1.70 bits per heavy atom. The Balaban J connectivity index is 1.97. The van der Waals surface area contributed by atoms with E-state index >= 15 is 0 Å². The summed E-state index contributed by atoms with van der Waals surface area (Å²) in [6, 6.07) is 0.293. The lowest BCUT2D eigenvalue weighted by Gasteiger charge is -2.37. The maximum absolute atomic E-state index is 13.2. The van der Waals surface area contributed by atoms with E-state index < -0.39 is 17.7 Å². The van der Waals surface area contributed by atoms with Gasteiger partial charge in [-0.25, -0.2) is 0 Å². The zero-order valence-corrected chi connectivity index (χ0v) is 12.4. The number of hydrogen-bond donors (Lipinski definition) is 0. The van der Waals surface area contributed by atoms with Crippen molar-refractivity contribution in [3.63, 3.8) is 0 Å². The Hall–Kier alpha value is -0.330. The van der Waals surface area contributed by atoms with Crippen molar-refractivity contribution in [2.45, 2.75) is 57.5 Å². The predicted molar refractivity (Wildman–Crippen MR) is 69.6 cm³/mol. The number of alkyl halides is 3. The molecule has 2 rings (SSSR count). The molecule has 20 heavy (non-hydrogen) atoms. The molecule has 6 heteroatoms. The van der Waals surface area contributed by atoms with Crippen molar-refractivity contribution in [2.24, 2.45) is 5.92 Å². The SMILES string of the molecule is CC(C)(C)OCC(CN1C2CCC1COC2)C(F)(F)F. The minimum absolute atomic E-state index is 0.0261. The average molecular weight is 295 g/mol. The van der Waals surface area contributed by atoms with E-state index in [0.717, 1.165) is 12.8 Å². The number of rotatable bonds is 4. The van der Waals surface area contributed by atoms with Crippen LogP contribution in [0.2, 0.25) is 0 Å². The van der Waals surface area contributed by atoms with Gasteiger partial charge in [0.05, 0.1) is 31.3 Å². The van der Waals surface area contributed by atoms with Crippen LogP contribution in [-0.2, 0) is 9.47 Å². The van der Waals surface area contributed by atoms with Gasteiger partial charge in [0.1, 0.15) is 0 Å². The zero-order valence-electron chi connectivity index (χ0n) is 12.4. The van der Waals surface area contributed by atoms with Crippen LogP contribution in [0.3, 0.4) is 0 Å². The number of morpholine rings is 1. The van der Waals surface area contributed by atoms with Gasteiger partial charge >= 0.3 is 6.18 Å². The quantitative estimate of drug-likeness (QED) is 0.796. The topological polar surface area (TPSA) is 21.7 Å². The van der Waals surface area contributed by atoms with Crippen molar-refractivity contribution in [2.75, 3.05) is 26.4 Å². The maximum atomic E-state index is 13.2. The van der Waals surface area contributed by atoms with Gasteiger partial charge in [0.25, 0.3) is 0 Å². The summed E-state index contributed by atoms with van der Waals surface area (Å²) in [4.78, 5) is 1.98. The van der Waals surface area contributed by atoms with Crippen molar-refractivity contribution in [1.82, 2.24) is 4.90 Å². The molecule has 118 valence electrons. The van der Waals surface area contributed by atoms with Crippen LogP contribution in [0, 0.1) is 5.92 Å². The van der Waals surface area contributed by atoms with E-state index in [1.807, 2.05) is 4.90 Å². The lowest BCUT2D eigenvalue weighted by molar-refractivity contribution is -0.205. The minimum Gasteiger partial charge on any atom is -0.378 e. The summed E-state index contributed by atoms with van der Waals surface area (Å²) in [5, 5.41) is 0. The van der Waals surface area contributed by atoms with E-state index in [1.165, 1.54) is 0 Å². The van der Waals surface area contributed by atoms with Gasteiger partial charge in [-0.15, -0.1) is 0 Å². The molecule has 2 heterocycles. The van der Waals surface area contributed by atoms with Crippen LogP contribution in [-0.4, -0.2) is 55.1 Å². The molecule has 2 aliphatic heterocycles.